The number of phenols is 1. The molecule has 0 atom stereocenters. The zero-order valence-corrected chi connectivity index (χ0v) is 12.2. The third-order valence-corrected chi connectivity index (χ3v) is 3.53. The van der Waals surface area contributed by atoms with Gasteiger partial charge in [-0.15, -0.1) is 0 Å². The molecule has 1 saturated heterocycles. The molecule has 0 unspecified atom stereocenters. The van der Waals surface area contributed by atoms with Crippen LogP contribution in [0.1, 0.15) is 35.7 Å². The van der Waals surface area contributed by atoms with Crippen LogP contribution in [0.15, 0.2) is 12.1 Å². The summed E-state index contributed by atoms with van der Waals surface area (Å²) >= 11 is 0. The summed E-state index contributed by atoms with van der Waals surface area (Å²) in [5.41, 5.74) is 0.306. The molecule has 1 fully saturated rings. The summed E-state index contributed by atoms with van der Waals surface area (Å²) in [6.45, 7) is 2.98. The van der Waals surface area contributed by atoms with Gasteiger partial charge in [0.1, 0.15) is 17.1 Å². The number of carboxylic acids is 1. The summed E-state index contributed by atoms with van der Waals surface area (Å²) < 4.78 is 16.5. The molecule has 0 saturated carbocycles. The highest BCUT2D eigenvalue weighted by Crippen LogP contribution is 2.35. The van der Waals surface area contributed by atoms with Gasteiger partial charge in [0.15, 0.2) is 5.79 Å². The Labute approximate surface area is 123 Å². The number of carboxylic acid groups (broad SMARTS) is 1. The molecule has 1 aliphatic heterocycles. The second-order valence-corrected chi connectivity index (χ2v) is 5.02. The van der Waals surface area contributed by atoms with Gasteiger partial charge in [-0.3, -0.25) is 0 Å². The molecule has 0 spiro atoms. The predicted octanol–water partition coefficient (Wildman–Crippen LogP) is 2.18. The van der Waals surface area contributed by atoms with Crippen molar-refractivity contribution in [2.24, 2.45) is 0 Å². The van der Waals surface area contributed by atoms with Gasteiger partial charge in [-0.25, -0.2) is 4.79 Å². The second kappa shape index (κ2) is 6.32. The van der Waals surface area contributed by atoms with E-state index in [1.165, 1.54) is 13.2 Å². The fourth-order valence-corrected chi connectivity index (χ4v) is 2.66. The molecule has 6 nitrogen and oxygen atoms in total. The van der Waals surface area contributed by atoms with E-state index in [1.54, 1.807) is 6.07 Å². The fourth-order valence-electron chi connectivity index (χ4n) is 2.66. The molecule has 6 heteroatoms. The minimum Gasteiger partial charge on any atom is -0.507 e. The highest BCUT2D eigenvalue weighted by Gasteiger charge is 2.37. The van der Waals surface area contributed by atoms with Crippen molar-refractivity contribution in [3.63, 3.8) is 0 Å². The Hall–Kier alpha value is -1.79. The Bertz CT molecular complexity index is 519. The van der Waals surface area contributed by atoms with E-state index >= 15 is 0 Å². The lowest BCUT2D eigenvalue weighted by Crippen LogP contribution is -2.33. The first kappa shape index (κ1) is 15.6. The van der Waals surface area contributed by atoms with E-state index in [2.05, 4.69) is 0 Å². The summed E-state index contributed by atoms with van der Waals surface area (Å²) in [6, 6.07) is 2.89. The SMILES string of the molecule is CCCC1(Cc2cc(OC)cc(O)c2C(=O)O)OCCO1. The van der Waals surface area contributed by atoms with Gasteiger partial charge in [0.05, 0.1) is 20.3 Å². The van der Waals surface area contributed by atoms with E-state index < -0.39 is 11.8 Å². The largest absolute Gasteiger partial charge is 0.507 e. The van der Waals surface area contributed by atoms with Crippen molar-refractivity contribution < 1.29 is 29.2 Å². The predicted molar refractivity (Wildman–Crippen MR) is 74.9 cm³/mol. The number of hydrogen-bond acceptors (Lipinski definition) is 5. The summed E-state index contributed by atoms with van der Waals surface area (Å²) in [4.78, 5) is 11.4. The number of methoxy groups -OCH3 is 1. The van der Waals surface area contributed by atoms with Crippen molar-refractivity contribution in [2.45, 2.75) is 32.0 Å². The Morgan fingerprint density at radius 2 is 2.05 bits per heavy atom. The first-order valence-electron chi connectivity index (χ1n) is 6.92. The minimum absolute atomic E-state index is 0.134. The van der Waals surface area contributed by atoms with E-state index in [-0.39, 0.29) is 17.7 Å². The van der Waals surface area contributed by atoms with E-state index in [1.807, 2.05) is 6.92 Å². The van der Waals surface area contributed by atoms with Crippen molar-refractivity contribution in [1.29, 1.82) is 0 Å². The molecular weight excluding hydrogens is 276 g/mol. The first-order valence-corrected chi connectivity index (χ1v) is 6.92. The second-order valence-electron chi connectivity index (χ2n) is 5.02. The van der Waals surface area contributed by atoms with Crippen molar-refractivity contribution in [3.8, 4) is 11.5 Å². The molecule has 2 N–H and O–H groups in total. The van der Waals surface area contributed by atoms with Gasteiger partial charge in [0, 0.05) is 18.9 Å². The third kappa shape index (κ3) is 3.28. The molecule has 0 bridgehead atoms. The third-order valence-electron chi connectivity index (χ3n) is 3.53. The summed E-state index contributed by atoms with van der Waals surface area (Å²) in [6.07, 6.45) is 1.76. The smallest absolute Gasteiger partial charge is 0.339 e. The monoisotopic (exact) mass is 296 g/mol. The maximum absolute atomic E-state index is 11.4. The Morgan fingerprint density at radius 3 is 2.57 bits per heavy atom. The number of aromatic hydroxyl groups is 1. The molecule has 0 radical (unpaired) electrons. The topological polar surface area (TPSA) is 85.2 Å². The molecule has 0 aromatic heterocycles. The van der Waals surface area contributed by atoms with Gasteiger partial charge in [0.25, 0.3) is 0 Å². The van der Waals surface area contributed by atoms with E-state index in [0.29, 0.717) is 30.9 Å². The van der Waals surface area contributed by atoms with E-state index in [4.69, 9.17) is 14.2 Å². The van der Waals surface area contributed by atoms with Crippen molar-refractivity contribution in [1.82, 2.24) is 0 Å². The average molecular weight is 296 g/mol. The van der Waals surface area contributed by atoms with Crippen LogP contribution >= 0.6 is 0 Å². The normalized spacial score (nSPS) is 16.9. The Balaban J connectivity index is 2.41. The van der Waals surface area contributed by atoms with Crippen LogP contribution in [0.3, 0.4) is 0 Å². The number of hydrogen-bond donors (Lipinski definition) is 2. The summed E-state index contributed by atoms with van der Waals surface area (Å²) in [5, 5.41) is 19.2. The number of carbonyl (C=O) groups is 1. The molecule has 0 amide bonds. The molecule has 21 heavy (non-hydrogen) atoms. The van der Waals surface area contributed by atoms with Crippen molar-refractivity contribution in [3.05, 3.63) is 23.3 Å². The molecular formula is C15H20O6. The molecule has 1 aromatic carbocycles. The summed E-state index contributed by atoms with van der Waals surface area (Å²) in [5.74, 6) is -1.92. The Kier molecular flexibility index (Phi) is 4.69. The zero-order valence-electron chi connectivity index (χ0n) is 12.2. The minimum atomic E-state index is -1.19. The van der Waals surface area contributed by atoms with Crippen LogP contribution in [-0.4, -0.2) is 42.3 Å². The van der Waals surface area contributed by atoms with E-state index in [0.717, 1.165) is 6.42 Å². The van der Waals surface area contributed by atoms with Gasteiger partial charge in [-0.1, -0.05) is 13.3 Å². The molecule has 1 aromatic rings. The zero-order chi connectivity index (χ0) is 15.5. The van der Waals surface area contributed by atoms with E-state index in [9.17, 15) is 15.0 Å². The number of aromatic carboxylic acids is 1. The lowest BCUT2D eigenvalue weighted by Gasteiger charge is -2.28. The van der Waals surface area contributed by atoms with Gasteiger partial charge < -0.3 is 24.4 Å². The van der Waals surface area contributed by atoms with Gasteiger partial charge in [-0.05, 0) is 11.6 Å². The standard InChI is InChI=1S/C15H20O6/c1-3-4-15(20-5-6-21-15)9-10-7-11(19-2)8-12(16)13(10)14(17)18/h7-8,16H,3-6,9H2,1-2H3,(H,17,18). The van der Waals surface area contributed by atoms with Crippen LogP contribution in [0, 0.1) is 0 Å². The lowest BCUT2D eigenvalue weighted by atomic mass is 9.95. The highest BCUT2D eigenvalue weighted by molar-refractivity contribution is 5.93. The maximum Gasteiger partial charge on any atom is 0.339 e. The Morgan fingerprint density at radius 1 is 1.38 bits per heavy atom. The first-order chi connectivity index (χ1) is 10.0. The van der Waals surface area contributed by atoms with Crippen molar-refractivity contribution in [2.75, 3.05) is 20.3 Å². The summed E-state index contributed by atoms with van der Waals surface area (Å²) in [7, 11) is 1.46. The number of benzene rings is 1. The molecule has 1 aliphatic rings. The van der Waals surface area contributed by atoms with Crippen LogP contribution in [0.25, 0.3) is 0 Å². The van der Waals surface area contributed by atoms with Crippen LogP contribution in [0.2, 0.25) is 0 Å². The van der Waals surface area contributed by atoms with Gasteiger partial charge >= 0.3 is 5.97 Å². The van der Waals surface area contributed by atoms with Crippen LogP contribution < -0.4 is 4.74 Å². The molecule has 2 rings (SSSR count). The van der Waals surface area contributed by atoms with Crippen LogP contribution in [0.4, 0.5) is 0 Å². The van der Waals surface area contributed by atoms with Crippen LogP contribution in [0.5, 0.6) is 11.5 Å². The molecule has 116 valence electrons. The maximum atomic E-state index is 11.4. The van der Waals surface area contributed by atoms with Crippen molar-refractivity contribution >= 4 is 5.97 Å². The average Bonchev–Trinajstić information content (AvgIpc) is 2.86. The van der Waals surface area contributed by atoms with Crippen LogP contribution in [-0.2, 0) is 15.9 Å². The number of rotatable bonds is 6. The highest BCUT2D eigenvalue weighted by atomic mass is 16.7. The molecule has 1 heterocycles. The lowest BCUT2D eigenvalue weighted by molar-refractivity contribution is -0.161. The fraction of sp³-hybridized carbons (Fsp3) is 0.533. The van der Waals surface area contributed by atoms with Gasteiger partial charge in [0.2, 0.25) is 0 Å². The number of ether oxygens (including phenoxy) is 3. The van der Waals surface area contributed by atoms with Gasteiger partial charge in [-0.2, -0.15) is 0 Å². The quantitative estimate of drug-likeness (QED) is 0.837. The molecule has 0 aliphatic carbocycles.